The molecule has 0 spiro atoms. The van der Waals surface area contributed by atoms with E-state index < -0.39 is 21.9 Å². The second-order valence-electron chi connectivity index (χ2n) is 7.88. The summed E-state index contributed by atoms with van der Waals surface area (Å²) in [6.07, 6.45) is 6.05. The fraction of sp³-hybridized carbons (Fsp3) is 0.435. The van der Waals surface area contributed by atoms with Gasteiger partial charge in [-0.05, 0) is 68.3 Å². The van der Waals surface area contributed by atoms with Crippen LogP contribution in [0.15, 0.2) is 53.4 Å². The first-order chi connectivity index (χ1) is 14.8. The average molecular weight is 449 g/mol. The van der Waals surface area contributed by atoms with E-state index in [2.05, 4.69) is 5.32 Å². The van der Waals surface area contributed by atoms with Gasteiger partial charge in [-0.15, -0.1) is 0 Å². The number of hydrogen-bond donors (Lipinski definition) is 1. The molecule has 2 aromatic carbocycles. The monoisotopic (exact) mass is 448 g/mol. The number of nitrogens with one attached hydrogen (secondary N) is 1. The molecule has 0 aliphatic heterocycles. The van der Waals surface area contributed by atoms with Crippen molar-refractivity contribution in [3.8, 4) is 5.75 Å². The maximum Gasteiger partial charge on any atom is 0.264 e. The van der Waals surface area contributed by atoms with Gasteiger partial charge >= 0.3 is 0 Å². The van der Waals surface area contributed by atoms with Gasteiger partial charge in [-0.25, -0.2) is 12.8 Å². The van der Waals surface area contributed by atoms with Gasteiger partial charge in [0.1, 0.15) is 11.6 Å². The number of sulfonamides is 1. The number of carbonyl (C=O) groups is 1. The molecule has 1 atom stereocenters. The van der Waals surface area contributed by atoms with E-state index >= 15 is 0 Å². The molecule has 0 saturated heterocycles. The van der Waals surface area contributed by atoms with Gasteiger partial charge in [0.25, 0.3) is 15.9 Å². The third-order valence-corrected chi connectivity index (χ3v) is 7.36. The summed E-state index contributed by atoms with van der Waals surface area (Å²) in [7, 11) is -2.39. The molecule has 1 amide bonds. The fourth-order valence-corrected chi connectivity index (χ4v) is 4.83. The number of hydrogen-bond acceptors (Lipinski definition) is 4. The third kappa shape index (κ3) is 5.97. The van der Waals surface area contributed by atoms with Crippen molar-refractivity contribution >= 4 is 21.6 Å². The van der Waals surface area contributed by atoms with Crippen LogP contribution in [0.4, 0.5) is 10.1 Å². The van der Waals surface area contributed by atoms with Crippen molar-refractivity contribution in [1.82, 2.24) is 5.32 Å². The molecule has 0 aromatic heterocycles. The predicted molar refractivity (Wildman–Crippen MR) is 118 cm³/mol. The van der Waals surface area contributed by atoms with Crippen molar-refractivity contribution in [2.45, 2.75) is 62.5 Å². The fourth-order valence-electron chi connectivity index (χ4n) is 3.64. The highest BCUT2D eigenvalue weighted by Crippen LogP contribution is 2.25. The highest BCUT2D eigenvalue weighted by atomic mass is 32.2. The highest BCUT2D eigenvalue weighted by Gasteiger charge is 2.22. The Balaban J connectivity index is 1.61. The van der Waals surface area contributed by atoms with Crippen LogP contribution in [-0.2, 0) is 14.8 Å². The number of ether oxygens (including phenoxy) is 1. The van der Waals surface area contributed by atoms with Crippen molar-refractivity contribution in [3.63, 3.8) is 0 Å². The molecule has 1 fully saturated rings. The van der Waals surface area contributed by atoms with Crippen molar-refractivity contribution < 1.29 is 22.3 Å². The Morgan fingerprint density at radius 1 is 1.03 bits per heavy atom. The van der Waals surface area contributed by atoms with Crippen molar-refractivity contribution in [1.29, 1.82) is 0 Å². The van der Waals surface area contributed by atoms with E-state index in [1.54, 1.807) is 31.2 Å². The van der Waals surface area contributed by atoms with E-state index in [0.717, 1.165) is 42.1 Å². The van der Waals surface area contributed by atoms with Crippen LogP contribution in [0, 0.1) is 5.82 Å². The van der Waals surface area contributed by atoms with Crippen LogP contribution in [0.1, 0.15) is 45.4 Å². The molecule has 1 aliphatic rings. The van der Waals surface area contributed by atoms with Gasteiger partial charge in [-0.3, -0.25) is 9.10 Å². The maximum absolute atomic E-state index is 13.1. The Bertz CT molecular complexity index is 970. The average Bonchev–Trinajstić information content (AvgIpc) is 3.02. The molecule has 1 aliphatic carbocycles. The summed E-state index contributed by atoms with van der Waals surface area (Å²) in [5, 5.41) is 3.07. The first-order valence-electron chi connectivity index (χ1n) is 10.6. The van der Waals surface area contributed by atoms with E-state index in [4.69, 9.17) is 4.74 Å². The van der Waals surface area contributed by atoms with Gasteiger partial charge in [0.2, 0.25) is 0 Å². The summed E-state index contributed by atoms with van der Waals surface area (Å²) < 4.78 is 45.4. The van der Waals surface area contributed by atoms with Crippen LogP contribution >= 0.6 is 0 Å². The van der Waals surface area contributed by atoms with E-state index in [0.29, 0.717) is 11.4 Å². The maximum atomic E-state index is 13.1. The lowest BCUT2D eigenvalue weighted by molar-refractivity contribution is -0.128. The predicted octanol–water partition coefficient (Wildman–Crippen LogP) is 4.26. The molecule has 31 heavy (non-hydrogen) atoms. The normalized spacial score (nSPS) is 16.2. The van der Waals surface area contributed by atoms with E-state index in [-0.39, 0.29) is 16.8 Å². The minimum atomic E-state index is -3.82. The Morgan fingerprint density at radius 3 is 2.19 bits per heavy atom. The van der Waals surface area contributed by atoms with Gasteiger partial charge < -0.3 is 10.1 Å². The number of carbonyl (C=O) groups excluding carboxylic acids is 1. The van der Waals surface area contributed by atoms with Crippen molar-refractivity contribution in [3.05, 3.63) is 54.3 Å². The second kappa shape index (κ2) is 10.1. The van der Waals surface area contributed by atoms with Crippen LogP contribution in [0.2, 0.25) is 0 Å². The van der Waals surface area contributed by atoms with Gasteiger partial charge in [-0.1, -0.05) is 25.7 Å². The molecule has 1 N–H and O–H groups in total. The van der Waals surface area contributed by atoms with Crippen molar-refractivity contribution in [2.24, 2.45) is 0 Å². The minimum Gasteiger partial charge on any atom is -0.481 e. The van der Waals surface area contributed by atoms with Crippen LogP contribution in [0.5, 0.6) is 5.75 Å². The van der Waals surface area contributed by atoms with Gasteiger partial charge in [0, 0.05) is 13.1 Å². The molecule has 1 unspecified atom stereocenters. The summed E-state index contributed by atoms with van der Waals surface area (Å²) in [5.41, 5.74) is 0.423. The van der Waals surface area contributed by atoms with Crippen LogP contribution in [-0.4, -0.2) is 33.5 Å². The highest BCUT2D eigenvalue weighted by molar-refractivity contribution is 7.92. The molecule has 0 heterocycles. The summed E-state index contributed by atoms with van der Waals surface area (Å²) >= 11 is 0. The lowest BCUT2D eigenvalue weighted by atomic mass is 10.1. The molecule has 0 bridgehead atoms. The van der Waals surface area contributed by atoms with E-state index in [1.165, 1.54) is 32.0 Å². The number of halogens is 1. The number of amides is 1. The Morgan fingerprint density at radius 2 is 1.61 bits per heavy atom. The van der Waals surface area contributed by atoms with Crippen molar-refractivity contribution in [2.75, 3.05) is 11.4 Å². The third-order valence-electron chi connectivity index (χ3n) is 5.56. The lowest BCUT2D eigenvalue weighted by Gasteiger charge is -2.21. The van der Waals surface area contributed by atoms with E-state index in [1.807, 2.05) is 0 Å². The summed E-state index contributed by atoms with van der Waals surface area (Å²) in [6.45, 7) is 1.70. The minimum absolute atomic E-state index is 0.000493. The molecule has 6 nitrogen and oxygen atoms in total. The second-order valence-corrected chi connectivity index (χ2v) is 9.85. The topological polar surface area (TPSA) is 75.7 Å². The quantitative estimate of drug-likeness (QED) is 0.643. The molecule has 8 heteroatoms. The first-order valence-corrected chi connectivity index (χ1v) is 12.0. The smallest absolute Gasteiger partial charge is 0.264 e. The molecular formula is C23H29FN2O4S. The Labute approximate surface area is 183 Å². The molecule has 3 rings (SSSR count). The summed E-state index contributed by atoms with van der Waals surface area (Å²) in [6, 6.07) is 11.3. The lowest BCUT2D eigenvalue weighted by Crippen LogP contribution is -2.42. The number of benzene rings is 2. The van der Waals surface area contributed by atoms with Gasteiger partial charge in [0.15, 0.2) is 6.10 Å². The van der Waals surface area contributed by atoms with Crippen LogP contribution in [0.3, 0.4) is 0 Å². The first kappa shape index (κ1) is 23.1. The zero-order valence-corrected chi connectivity index (χ0v) is 18.7. The number of nitrogens with zero attached hydrogens (tertiary/aromatic N) is 1. The molecule has 0 radical (unpaired) electrons. The number of anilines is 1. The van der Waals surface area contributed by atoms with Gasteiger partial charge in [0.05, 0.1) is 10.6 Å². The zero-order valence-electron chi connectivity index (χ0n) is 17.9. The molecule has 1 saturated carbocycles. The summed E-state index contributed by atoms with van der Waals surface area (Å²) in [5.74, 6) is -0.174. The van der Waals surface area contributed by atoms with Gasteiger partial charge in [-0.2, -0.15) is 0 Å². The summed E-state index contributed by atoms with van der Waals surface area (Å²) in [4.78, 5) is 12.5. The van der Waals surface area contributed by atoms with E-state index in [9.17, 15) is 17.6 Å². The molecular weight excluding hydrogens is 419 g/mol. The van der Waals surface area contributed by atoms with Crippen LogP contribution in [0.25, 0.3) is 0 Å². The standard InChI is InChI=1S/C23H29FN2O4S/c1-17(23(27)25-19-7-5-3-4-6-8-19)30-21-13-11-20(12-14-21)26(2)31(28,29)22-15-9-18(24)10-16-22/h9-17,19H,3-8H2,1-2H3,(H,25,27). The SMILES string of the molecule is CC(Oc1ccc(N(C)S(=O)(=O)c2ccc(F)cc2)cc1)C(=O)NC1CCCCCC1. The Kier molecular flexibility index (Phi) is 7.54. The van der Waals surface area contributed by atoms with Crippen LogP contribution < -0.4 is 14.4 Å². The Hall–Kier alpha value is -2.61. The largest absolute Gasteiger partial charge is 0.481 e. The number of rotatable bonds is 7. The molecule has 2 aromatic rings. The zero-order chi connectivity index (χ0) is 22.4. The molecule has 168 valence electrons.